The van der Waals surface area contributed by atoms with Gasteiger partial charge in [0.15, 0.2) is 5.96 Å². The maximum absolute atomic E-state index is 5.50. The predicted molar refractivity (Wildman–Crippen MR) is 87.8 cm³/mol. The van der Waals surface area contributed by atoms with Crippen molar-refractivity contribution in [2.45, 2.75) is 39.0 Å². The van der Waals surface area contributed by atoms with Gasteiger partial charge in [-0.15, -0.1) is 24.0 Å². The zero-order valence-electron chi connectivity index (χ0n) is 11.7. The van der Waals surface area contributed by atoms with Crippen LogP contribution < -0.4 is 10.6 Å². The number of rotatable bonds is 9. The minimum absolute atomic E-state index is 0. The molecule has 0 radical (unpaired) electrons. The molecule has 2 N–H and O–H groups in total. The van der Waals surface area contributed by atoms with E-state index in [9.17, 15) is 0 Å². The fraction of sp³-hybridized carbons (Fsp3) is 0.923. The van der Waals surface area contributed by atoms with Gasteiger partial charge in [0.1, 0.15) is 0 Å². The number of aliphatic imine (C=N–C) groups is 1. The summed E-state index contributed by atoms with van der Waals surface area (Å²) in [6.45, 7) is 5.90. The van der Waals surface area contributed by atoms with Crippen LogP contribution in [0.25, 0.3) is 0 Å². The van der Waals surface area contributed by atoms with Gasteiger partial charge in [0.25, 0.3) is 0 Å². The van der Waals surface area contributed by atoms with E-state index in [0.29, 0.717) is 0 Å². The van der Waals surface area contributed by atoms with Crippen molar-refractivity contribution in [2.24, 2.45) is 10.9 Å². The normalized spacial score (nSPS) is 15.1. The molecule has 1 fully saturated rings. The molecule has 1 rings (SSSR count). The molecule has 1 aliphatic rings. The number of guanidine groups is 1. The van der Waals surface area contributed by atoms with Gasteiger partial charge in [0.2, 0.25) is 0 Å². The summed E-state index contributed by atoms with van der Waals surface area (Å²) in [6, 6.07) is 0. The molecule has 0 bridgehead atoms. The number of ether oxygens (including phenoxy) is 1. The summed E-state index contributed by atoms with van der Waals surface area (Å²) in [5.74, 6) is 1.80. The molecule has 0 amide bonds. The average Bonchev–Trinajstić information content (AvgIpc) is 3.16. The Bertz CT molecular complexity index is 220. The number of hydrogen-bond donors (Lipinski definition) is 2. The van der Waals surface area contributed by atoms with Crippen molar-refractivity contribution < 1.29 is 4.74 Å². The summed E-state index contributed by atoms with van der Waals surface area (Å²) in [5.41, 5.74) is 0. The highest BCUT2D eigenvalue weighted by atomic mass is 127. The second-order valence-corrected chi connectivity index (χ2v) is 4.64. The highest BCUT2D eigenvalue weighted by Gasteiger charge is 2.20. The third-order valence-electron chi connectivity index (χ3n) is 2.88. The van der Waals surface area contributed by atoms with Crippen LogP contribution in [0.2, 0.25) is 0 Å². The van der Waals surface area contributed by atoms with Gasteiger partial charge >= 0.3 is 0 Å². The van der Waals surface area contributed by atoms with E-state index in [0.717, 1.165) is 51.0 Å². The maximum atomic E-state index is 5.50. The van der Waals surface area contributed by atoms with Crippen LogP contribution in [0.15, 0.2) is 4.99 Å². The molecule has 0 aromatic carbocycles. The van der Waals surface area contributed by atoms with Crippen molar-refractivity contribution in [1.29, 1.82) is 0 Å². The van der Waals surface area contributed by atoms with Gasteiger partial charge in [-0.1, -0.05) is 13.3 Å². The molecular weight excluding hydrogens is 341 g/mol. The second-order valence-electron chi connectivity index (χ2n) is 4.64. The van der Waals surface area contributed by atoms with E-state index in [4.69, 9.17) is 4.74 Å². The molecular formula is C13H28IN3O. The fourth-order valence-electron chi connectivity index (χ4n) is 1.51. The Morgan fingerprint density at radius 3 is 2.56 bits per heavy atom. The predicted octanol–water partition coefficient (Wildman–Crippen LogP) is 2.39. The van der Waals surface area contributed by atoms with E-state index in [1.165, 1.54) is 19.3 Å². The first kappa shape index (κ1) is 18.0. The molecule has 1 saturated carbocycles. The molecule has 4 nitrogen and oxygen atoms in total. The van der Waals surface area contributed by atoms with Crippen LogP contribution in [-0.4, -0.2) is 39.3 Å². The smallest absolute Gasteiger partial charge is 0.190 e. The molecule has 1 aliphatic carbocycles. The van der Waals surface area contributed by atoms with Crippen molar-refractivity contribution in [3.8, 4) is 0 Å². The second kappa shape index (κ2) is 12.0. The molecule has 0 aromatic rings. The molecule has 108 valence electrons. The third-order valence-corrected chi connectivity index (χ3v) is 2.88. The van der Waals surface area contributed by atoms with Crippen LogP contribution in [0.5, 0.6) is 0 Å². The van der Waals surface area contributed by atoms with Gasteiger partial charge in [-0.2, -0.15) is 0 Å². The van der Waals surface area contributed by atoms with Crippen LogP contribution in [-0.2, 0) is 4.74 Å². The van der Waals surface area contributed by atoms with Crippen LogP contribution in [0, 0.1) is 5.92 Å². The van der Waals surface area contributed by atoms with Crippen LogP contribution >= 0.6 is 24.0 Å². The average molecular weight is 369 g/mol. The Kier molecular flexibility index (Phi) is 12.0. The van der Waals surface area contributed by atoms with Gasteiger partial charge < -0.3 is 15.4 Å². The number of hydrogen-bond acceptors (Lipinski definition) is 2. The zero-order chi connectivity index (χ0) is 12.3. The molecule has 5 heteroatoms. The Balaban J connectivity index is 0.00000289. The lowest BCUT2D eigenvalue weighted by Gasteiger charge is -2.11. The van der Waals surface area contributed by atoms with E-state index < -0.39 is 0 Å². The summed E-state index contributed by atoms with van der Waals surface area (Å²) >= 11 is 0. The molecule has 18 heavy (non-hydrogen) atoms. The van der Waals surface area contributed by atoms with Gasteiger partial charge in [0, 0.05) is 33.4 Å². The van der Waals surface area contributed by atoms with Gasteiger partial charge in [-0.25, -0.2) is 0 Å². The first-order valence-electron chi connectivity index (χ1n) is 6.89. The Hall–Kier alpha value is -0.0400. The van der Waals surface area contributed by atoms with Gasteiger partial charge in [0.05, 0.1) is 0 Å². The summed E-state index contributed by atoms with van der Waals surface area (Å²) in [5, 5.41) is 6.64. The van der Waals surface area contributed by atoms with Crippen molar-refractivity contribution >= 4 is 29.9 Å². The minimum Gasteiger partial charge on any atom is -0.381 e. The van der Waals surface area contributed by atoms with Crippen molar-refractivity contribution in [1.82, 2.24) is 10.6 Å². The van der Waals surface area contributed by atoms with E-state index in [2.05, 4.69) is 22.5 Å². The van der Waals surface area contributed by atoms with Crippen LogP contribution in [0.3, 0.4) is 0 Å². The molecule has 0 atom stereocenters. The third kappa shape index (κ3) is 9.94. The summed E-state index contributed by atoms with van der Waals surface area (Å²) < 4.78 is 5.50. The molecule has 0 heterocycles. The number of nitrogens with one attached hydrogen (secondary N) is 2. The highest BCUT2D eigenvalue weighted by Crippen LogP contribution is 2.27. The highest BCUT2D eigenvalue weighted by molar-refractivity contribution is 14.0. The largest absolute Gasteiger partial charge is 0.381 e. The Labute approximate surface area is 128 Å². The minimum atomic E-state index is 0. The van der Waals surface area contributed by atoms with E-state index in [-0.39, 0.29) is 24.0 Å². The molecule has 0 saturated heterocycles. The van der Waals surface area contributed by atoms with Crippen molar-refractivity contribution in [3.63, 3.8) is 0 Å². The monoisotopic (exact) mass is 369 g/mol. The Morgan fingerprint density at radius 1 is 1.22 bits per heavy atom. The molecule has 0 spiro atoms. The lowest BCUT2D eigenvalue weighted by molar-refractivity contribution is 0.129. The standard InChI is InChI=1S/C13H27N3O.HI/c1-3-4-9-17-10-5-8-15-13(14-2)16-11-12-6-7-12;/h12H,3-11H2,1-2H3,(H2,14,15,16);1H. The first-order chi connectivity index (χ1) is 8.36. The maximum Gasteiger partial charge on any atom is 0.190 e. The van der Waals surface area contributed by atoms with E-state index in [1.807, 2.05) is 7.05 Å². The SMILES string of the molecule is CCCCOCCCNC(=NC)NCC1CC1.I. The molecule has 0 aliphatic heterocycles. The topological polar surface area (TPSA) is 45.6 Å². The molecule has 0 unspecified atom stereocenters. The van der Waals surface area contributed by atoms with Gasteiger partial charge in [-0.3, -0.25) is 4.99 Å². The number of halogens is 1. The van der Waals surface area contributed by atoms with Crippen LogP contribution in [0.4, 0.5) is 0 Å². The zero-order valence-corrected chi connectivity index (χ0v) is 14.0. The van der Waals surface area contributed by atoms with Crippen molar-refractivity contribution in [3.05, 3.63) is 0 Å². The Morgan fingerprint density at radius 2 is 1.94 bits per heavy atom. The number of nitrogens with zero attached hydrogens (tertiary/aromatic N) is 1. The quantitative estimate of drug-likeness (QED) is 0.284. The lowest BCUT2D eigenvalue weighted by Crippen LogP contribution is -2.39. The molecule has 0 aromatic heterocycles. The summed E-state index contributed by atoms with van der Waals surface area (Å²) in [4.78, 5) is 4.19. The number of unbranched alkanes of at least 4 members (excludes halogenated alkanes) is 1. The van der Waals surface area contributed by atoms with Crippen molar-refractivity contribution in [2.75, 3.05) is 33.4 Å². The van der Waals surface area contributed by atoms with E-state index in [1.54, 1.807) is 0 Å². The fourth-order valence-corrected chi connectivity index (χ4v) is 1.51. The summed E-state index contributed by atoms with van der Waals surface area (Å²) in [6.07, 6.45) is 6.15. The first-order valence-corrected chi connectivity index (χ1v) is 6.89. The summed E-state index contributed by atoms with van der Waals surface area (Å²) in [7, 11) is 1.82. The van der Waals surface area contributed by atoms with Crippen LogP contribution in [0.1, 0.15) is 39.0 Å². The van der Waals surface area contributed by atoms with E-state index >= 15 is 0 Å². The lowest BCUT2D eigenvalue weighted by atomic mass is 10.4. The van der Waals surface area contributed by atoms with Gasteiger partial charge in [-0.05, 0) is 31.6 Å².